The van der Waals surface area contributed by atoms with Gasteiger partial charge in [-0.2, -0.15) is 0 Å². The molecule has 0 aromatic heterocycles. The summed E-state index contributed by atoms with van der Waals surface area (Å²) in [6.45, 7) is 6.70. The average molecular weight is 394 g/mol. The molecule has 0 unspecified atom stereocenters. The molecule has 0 aromatic carbocycles. The number of carbonyl (C=O) groups excluding carboxylic acids is 2. The number of nitrogens with two attached hydrogens (primary N) is 1. The van der Waals surface area contributed by atoms with Gasteiger partial charge in [-0.05, 0) is 43.4 Å². The molecule has 0 radical (unpaired) electrons. The highest BCUT2D eigenvalue weighted by Crippen LogP contribution is 2.31. The van der Waals surface area contributed by atoms with E-state index in [9.17, 15) is 19.1 Å². The summed E-state index contributed by atoms with van der Waals surface area (Å²) in [7, 11) is 1.29. The molecule has 1 saturated carbocycles. The van der Waals surface area contributed by atoms with Crippen molar-refractivity contribution in [3.05, 3.63) is 47.1 Å². The minimum absolute atomic E-state index is 0.0895. The number of aliphatic hydroxyl groups excluding tert-OH is 1. The van der Waals surface area contributed by atoms with Crippen molar-refractivity contribution in [3.8, 4) is 0 Å². The molecule has 156 valence electrons. The lowest BCUT2D eigenvalue weighted by Gasteiger charge is -2.28. The number of hydrogen-bond donors (Lipinski definition) is 3. The molecule has 7 heteroatoms. The average Bonchev–Trinajstić information content (AvgIpc) is 2.70. The fraction of sp³-hybridized carbons (Fsp3) is 0.524. The first-order valence-corrected chi connectivity index (χ1v) is 9.47. The van der Waals surface area contributed by atoms with Crippen LogP contribution >= 0.6 is 0 Å². The Bertz CT molecular complexity index is 689. The standard InChI is InChI=1S/C21H31FN2O4/c1-5-15(12-25)19(23)13(2)10-11-18(14(3)22)24-20(26)16-8-6-7-9-17(16)21(27)28-4/h10-11,16-17,25H,3,5-9,12,23H2,1-2,4H3,(H,24,26)/b13-10+,18-11+,19-15+/t16-,17-/m0/s1. The van der Waals surface area contributed by atoms with Crippen LogP contribution < -0.4 is 11.1 Å². The van der Waals surface area contributed by atoms with Gasteiger partial charge in [-0.3, -0.25) is 9.59 Å². The van der Waals surface area contributed by atoms with Gasteiger partial charge in [0.05, 0.1) is 31.2 Å². The van der Waals surface area contributed by atoms with Crippen molar-refractivity contribution in [2.75, 3.05) is 13.7 Å². The lowest BCUT2D eigenvalue weighted by Crippen LogP contribution is -2.40. The summed E-state index contributed by atoms with van der Waals surface area (Å²) in [4.78, 5) is 24.6. The first-order valence-electron chi connectivity index (χ1n) is 9.47. The molecule has 1 rings (SSSR count). The van der Waals surface area contributed by atoms with Crippen LogP contribution in [-0.2, 0) is 14.3 Å². The van der Waals surface area contributed by atoms with E-state index in [0.29, 0.717) is 36.1 Å². The monoisotopic (exact) mass is 394 g/mol. The van der Waals surface area contributed by atoms with Gasteiger partial charge in [0.1, 0.15) is 5.83 Å². The quantitative estimate of drug-likeness (QED) is 0.434. The molecule has 1 amide bonds. The van der Waals surface area contributed by atoms with Gasteiger partial charge in [0.15, 0.2) is 0 Å². The summed E-state index contributed by atoms with van der Waals surface area (Å²) in [5.41, 5.74) is 7.64. The number of halogens is 1. The molecular formula is C21H31FN2O4. The van der Waals surface area contributed by atoms with E-state index in [-0.39, 0.29) is 12.3 Å². The van der Waals surface area contributed by atoms with Crippen LogP contribution in [0.15, 0.2) is 47.1 Å². The van der Waals surface area contributed by atoms with E-state index in [4.69, 9.17) is 10.5 Å². The Morgan fingerprint density at radius 1 is 1.29 bits per heavy atom. The van der Waals surface area contributed by atoms with Gasteiger partial charge < -0.3 is 20.9 Å². The SMILES string of the molecule is C=C(F)\C(=C/C=C(C)/C(N)=C(/CC)CO)NC(=O)[C@H]1CCCC[C@@H]1C(=O)OC. The molecular weight excluding hydrogens is 363 g/mol. The Kier molecular flexibility index (Phi) is 9.65. The minimum Gasteiger partial charge on any atom is -0.469 e. The second-order valence-electron chi connectivity index (χ2n) is 6.87. The van der Waals surface area contributed by atoms with Crippen molar-refractivity contribution in [2.45, 2.75) is 46.0 Å². The minimum atomic E-state index is -0.803. The van der Waals surface area contributed by atoms with Crippen LogP contribution in [0.3, 0.4) is 0 Å². The number of carbonyl (C=O) groups is 2. The lowest BCUT2D eigenvalue weighted by molar-refractivity contribution is -0.151. The van der Waals surface area contributed by atoms with Crippen LogP contribution in [0.5, 0.6) is 0 Å². The fourth-order valence-electron chi connectivity index (χ4n) is 3.27. The van der Waals surface area contributed by atoms with Crippen LogP contribution in [0.25, 0.3) is 0 Å². The summed E-state index contributed by atoms with van der Waals surface area (Å²) in [5, 5.41) is 11.9. The third kappa shape index (κ3) is 6.34. The van der Waals surface area contributed by atoms with Crippen molar-refractivity contribution in [1.29, 1.82) is 0 Å². The molecule has 1 aliphatic rings. The smallest absolute Gasteiger partial charge is 0.309 e. The number of hydrogen-bond acceptors (Lipinski definition) is 5. The van der Waals surface area contributed by atoms with Crippen molar-refractivity contribution in [3.63, 3.8) is 0 Å². The van der Waals surface area contributed by atoms with Gasteiger partial charge in [-0.15, -0.1) is 0 Å². The Balaban J connectivity index is 3.03. The van der Waals surface area contributed by atoms with Crippen LogP contribution in [-0.4, -0.2) is 30.7 Å². The van der Waals surface area contributed by atoms with Crippen LogP contribution in [0, 0.1) is 11.8 Å². The van der Waals surface area contributed by atoms with Gasteiger partial charge in [0.2, 0.25) is 5.91 Å². The maximum Gasteiger partial charge on any atom is 0.309 e. The lowest BCUT2D eigenvalue weighted by atomic mass is 9.78. The summed E-state index contributed by atoms with van der Waals surface area (Å²) in [6.07, 6.45) is 6.30. The predicted octanol–water partition coefficient (Wildman–Crippen LogP) is 3.01. The first-order chi connectivity index (χ1) is 13.3. The number of rotatable bonds is 8. The largest absolute Gasteiger partial charge is 0.469 e. The summed E-state index contributed by atoms with van der Waals surface area (Å²) in [6, 6.07) is 0. The molecule has 2 atom stereocenters. The molecule has 0 spiro atoms. The van der Waals surface area contributed by atoms with Gasteiger partial charge in [0, 0.05) is 5.70 Å². The molecule has 28 heavy (non-hydrogen) atoms. The number of esters is 1. The number of ether oxygens (including phenoxy) is 1. The van der Waals surface area contributed by atoms with Crippen molar-refractivity contribution >= 4 is 11.9 Å². The number of amides is 1. The number of nitrogens with one attached hydrogen (secondary N) is 1. The summed E-state index contributed by atoms with van der Waals surface area (Å²) < 4.78 is 18.7. The number of aliphatic hydroxyl groups is 1. The van der Waals surface area contributed by atoms with E-state index >= 15 is 0 Å². The maximum atomic E-state index is 13.9. The molecule has 0 bridgehead atoms. The molecule has 4 N–H and O–H groups in total. The maximum absolute atomic E-state index is 13.9. The third-order valence-corrected chi connectivity index (χ3v) is 5.08. The predicted molar refractivity (Wildman–Crippen MR) is 106 cm³/mol. The van der Waals surface area contributed by atoms with Crippen LogP contribution in [0.4, 0.5) is 4.39 Å². The normalized spacial score (nSPS) is 21.6. The first kappa shape index (κ1) is 23.6. The van der Waals surface area contributed by atoms with E-state index in [1.165, 1.54) is 13.2 Å². The van der Waals surface area contributed by atoms with E-state index in [1.807, 2.05) is 6.92 Å². The summed E-state index contributed by atoms with van der Waals surface area (Å²) in [5.74, 6) is -2.75. The molecule has 0 aromatic rings. The Labute approximate surface area is 166 Å². The number of methoxy groups -OCH3 is 1. The van der Waals surface area contributed by atoms with Crippen LogP contribution in [0.2, 0.25) is 0 Å². The molecule has 1 fully saturated rings. The van der Waals surface area contributed by atoms with Gasteiger partial charge in [0.25, 0.3) is 0 Å². The number of allylic oxidation sites excluding steroid dienone is 4. The highest BCUT2D eigenvalue weighted by atomic mass is 19.1. The Morgan fingerprint density at radius 2 is 1.89 bits per heavy atom. The highest BCUT2D eigenvalue weighted by molar-refractivity contribution is 5.87. The topological polar surface area (TPSA) is 102 Å². The fourth-order valence-corrected chi connectivity index (χ4v) is 3.27. The van der Waals surface area contributed by atoms with E-state index in [1.54, 1.807) is 13.0 Å². The zero-order valence-electron chi connectivity index (χ0n) is 16.9. The Hall–Kier alpha value is -2.41. The highest BCUT2D eigenvalue weighted by Gasteiger charge is 2.36. The van der Waals surface area contributed by atoms with E-state index in [0.717, 1.165) is 12.8 Å². The Morgan fingerprint density at radius 3 is 2.39 bits per heavy atom. The molecule has 0 aliphatic heterocycles. The molecule has 0 heterocycles. The van der Waals surface area contributed by atoms with Crippen LogP contribution in [0.1, 0.15) is 46.0 Å². The summed E-state index contributed by atoms with van der Waals surface area (Å²) >= 11 is 0. The molecule has 6 nitrogen and oxygen atoms in total. The van der Waals surface area contributed by atoms with Crippen molar-refractivity contribution in [2.24, 2.45) is 17.6 Å². The second kappa shape index (κ2) is 11.4. The zero-order valence-corrected chi connectivity index (χ0v) is 16.9. The van der Waals surface area contributed by atoms with Gasteiger partial charge in [-0.25, -0.2) is 4.39 Å². The zero-order chi connectivity index (χ0) is 21.3. The second-order valence-corrected chi connectivity index (χ2v) is 6.87. The van der Waals surface area contributed by atoms with E-state index in [2.05, 4.69) is 11.9 Å². The van der Waals surface area contributed by atoms with E-state index < -0.39 is 29.5 Å². The molecule has 0 saturated heterocycles. The van der Waals surface area contributed by atoms with Crippen molar-refractivity contribution < 1.29 is 23.8 Å². The van der Waals surface area contributed by atoms with Crippen molar-refractivity contribution in [1.82, 2.24) is 5.32 Å². The third-order valence-electron chi connectivity index (χ3n) is 5.08. The van der Waals surface area contributed by atoms with Gasteiger partial charge >= 0.3 is 5.97 Å². The molecule has 1 aliphatic carbocycles. The van der Waals surface area contributed by atoms with Gasteiger partial charge in [-0.1, -0.05) is 32.4 Å².